The minimum atomic E-state index is -0.539. The van der Waals surface area contributed by atoms with E-state index in [0.29, 0.717) is 17.4 Å². The van der Waals surface area contributed by atoms with E-state index in [1.165, 1.54) is 18.2 Å². The Morgan fingerprint density at radius 3 is 2.94 bits per heavy atom. The molecule has 1 amide bonds. The molecule has 1 heterocycles. The molecule has 98 valence electrons. The van der Waals surface area contributed by atoms with Gasteiger partial charge in [0.25, 0.3) is 5.91 Å². The van der Waals surface area contributed by atoms with E-state index >= 15 is 0 Å². The predicted octanol–water partition coefficient (Wildman–Crippen LogP) is 3.71. The van der Waals surface area contributed by atoms with Gasteiger partial charge in [-0.25, -0.2) is 4.39 Å². The smallest absolute Gasteiger partial charge is 0.257 e. The summed E-state index contributed by atoms with van der Waals surface area (Å²) in [5.41, 5.74) is 0.0273. The summed E-state index contributed by atoms with van der Waals surface area (Å²) in [5, 5.41) is 0.360. The SMILES string of the molecule is O=C(c1cc(Cl)ccc1F)N1CCCCC1CCl. The Hall–Kier alpha value is -0.800. The summed E-state index contributed by atoms with van der Waals surface area (Å²) in [7, 11) is 0. The molecule has 5 heteroatoms. The van der Waals surface area contributed by atoms with Crippen molar-refractivity contribution in [3.05, 3.63) is 34.6 Å². The molecule has 18 heavy (non-hydrogen) atoms. The number of amides is 1. The van der Waals surface area contributed by atoms with Crippen LogP contribution in [0, 0.1) is 5.82 Å². The van der Waals surface area contributed by atoms with Crippen molar-refractivity contribution >= 4 is 29.1 Å². The standard InChI is InChI=1S/C13H14Cl2FNO/c14-8-10-3-1-2-6-17(10)13(18)11-7-9(15)4-5-12(11)16/h4-5,7,10H,1-3,6,8H2. The van der Waals surface area contributed by atoms with Crippen LogP contribution in [0.5, 0.6) is 0 Å². The van der Waals surface area contributed by atoms with Crippen molar-refractivity contribution in [2.75, 3.05) is 12.4 Å². The Morgan fingerprint density at radius 2 is 2.22 bits per heavy atom. The van der Waals surface area contributed by atoms with Gasteiger partial charge in [-0.1, -0.05) is 11.6 Å². The highest BCUT2D eigenvalue weighted by atomic mass is 35.5. The topological polar surface area (TPSA) is 20.3 Å². The highest BCUT2D eigenvalue weighted by Crippen LogP contribution is 2.23. The van der Waals surface area contributed by atoms with E-state index in [9.17, 15) is 9.18 Å². The Kier molecular flexibility index (Phi) is 4.46. The third-order valence-corrected chi connectivity index (χ3v) is 3.82. The first-order valence-corrected chi connectivity index (χ1v) is 6.86. The summed E-state index contributed by atoms with van der Waals surface area (Å²) in [6, 6.07) is 4.02. The minimum Gasteiger partial charge on any atom is -0.334 e. The first-order valence-electron chi connectivity index (χ1n) is 5.95. The lowest BCUT2D eigenvalue weighted by atomic mass is 10.0. The molecule has 0 radical (unpaired) electrons. The van der Waals surface area contributed by atoms with Gasteiger partial charge in [-0.3, -0.25) is 4.79 Å². The van der Waals surface area contributed by atoms with Gasteiger partial charge in [0.2, 0.25) is 0 Å². The molecule has 1 fully saturated rings. The molecule has 0 aromatic heterocycles. The monoisotopic (exact) mass is 289 g/mol. The van der Waals surface area contributed by atoms with Gasteiger partial charge in [0.15, 0.2) is 0 Å². The van der Waals surface area contributed by atoms with Crippen molar-refractivity contribution in [3.63, 3.8) is 0 Å². The van der Waals surface area contributed by atoms with Crippen molar-refractivity contribution in [1.29, 1.82) is 0 Å². The maximum Gasteiger partial charge on any atom is 0.257 e. The molecule has 0 aliphatic carbocycles. The van der Waals surface area contributed by atoms with Gasteiger partial charge < -0.3 is 4.90 Å². The summed E-state index contributed by atoms with van der Waals surface area (Å²) in [6.45, 7) is 0.627. The van der Waals surface area contributed by atoms with Gasteiger partial charge in [-0.2, -0.15) is 0 Å². The summed E-state index contributed by atoms with van der Waals surface area (Å²) < 4.78 is 13.7. The van der Waals surface area contributed by atoms with Crippen LogP contribution in [-0.2, 0) is 0 Å². The van der Waals surface area contributed by atoms with E-state index < -0.39 is 5.82 Å². The molecule has 2 rings (SSSR count). The van der Waals surface area contributed by atoms with Gasteiger partial charge >= 0.3 is 0 Å². The number of rotatable bonds is 2. The van der Waals surface area contributed by atoms with E-state index in [2.05, 4.69) is 0 Å². The van der Waals surface area contributed by atoms with Crippen LogP contribution < -0.4 is 0 Å². The Balaban J connectivity index is 2.26. The average Bonchev–Trinajstić information content (AvgIpc) is 2.40. The van der Waals surface area contributed by atoms with Gasteiger partial charge in [0.05, 0.1) is 5.56 Å². The molecular weight excluding hydrogens is 276 g/mol. The summed E-state index contributed by atoms with van der Waals surface area (Å²) in [6.07, 6.45) is 2.86. The number of hydrogen-bond acceptors (Lipinski definition) is 1. The van der Waals surface area contributed by atoms with Crippen LogP contribution in [0.2, 0.25) is 5.02 Å². The van der Waals surface area contributed by atoms with Crippen molar-refractivity contribution < 1.29 is 9.18 Å². The van der Waals surface area contributed by atoms with Crippen LogP contribution in [0.3, 0.4) is 0 Å². The number of carbonyl (C=O) groups is 1. The van der Waals surface area contributed by atoms with E-state index in [-0.39, 0.29) is 17.5 Å². The number of piperidine rings is 1. The number of carbonyl (C=O) groups excluding carboxylic acids is 1. The number of halogens is 3. The third-order valence-electron chi connectivity index (χ3n) is 3.22. The Bertz CT molecular complexity index is 453. The van der Waals surface area contributed by atoms with Crippen molar-refractivity contribution in [2.24, 2.45) is 0 Å². The molecule has 0 N–H and O–H groups in total. The quantitative estimate of drug-likeness (QED) is 0.760. The van der Waals surface area contributed by atoms with Crippen molar-refractivity contribution in [3.8, 4) is 0 Å². The number of nitrogens with zero attached hydrogens (tertiary/aromatic N) is 1. The second-order valence-corrected chi connectivity index (χ2v) is 5.17. The van der Waals surface area contributed by atoms with Crippen LogP contribution in [0.4, 0.5) is 4.39 Å². The number of alkyl halides is 1. The number of benzene rings is 1. The van der Waals surface area contributed by atoms with E-state index in [0.717, 1.165) is 19.3 Å². The molecule has 0 spiro atoms. The minimum absolute atomic E-state index is 0.00806. The van der Waals surface area contributed by atoms with Gasteiger partial charge in [0, 0.05) is 23.5 Å². The summed E-state index contributed by atoms with van der Waals surface area (Å²) in [4.78, 5) is 14.0. The number of hydrogen-bond donors (Lipinski definition) is 0. The molecular formula is C13H14Cl2FNO. The molecule has 0 bridgehead atoms. The first-order chi connectivity index (χ1) is 8.63. The summed E-state index contributed by atoms with van der Waals surface area (Å²) in [5.74, 6) is -0.475. The zero-order valence-corrected chi connectivity index (χ0v) is 11.3. The lowest BCUT2D eigenvalue weighted by molar-refractivity contribution is 0.0634. The average molecular weight is 290 g/mol. The summed E-state index contributed by atoms with van der Waals surface area (Å²) >= 11 is 11.7. The molecule has 1 atom stereocenters. The molecule has 1 saturated heterocycles. The lowest BCUT2D eigenvalue weighted by Gasteiger charge is -2.34. The Morgan fingerprint density at radius 1 is 1.44 bits per heavy atom. The fraction of sp³-hybridized carbons (Fsp3) is 0.462. The maximum absolute atomic E-state index is 13.7. The fourth-order valence-electron chi connectivity index (χ4n) is 2.24. The Labute approximate surface area is 116 Å². The molecule has 1 aliphatic heterocycles. The fourth-order valence-corrected chi connectivity index (χ4v) is 2.74. The van der Waals surface area contributed by atoms with E-state index in [1.807, 2.05) is 0 Å². The maximum atomic E-state index is 13.7. The molecule has 1 aromatic rings. The first kappa shape index (κ1) is 13.6. The van der Waals surface area contributed by atoms with Crippen molar-refractivity contribution in [1.82, 2.24) is 4.90 Å². The highest BCUT2D eigenvalue weighted by Gasteiger charge is 2.28. The lowest BCUT2D eigenvalue weighted by Crippen LogP contribution is -2.45. The molecule has 1 aromatic carbocycles. The third kappa shape index (κ3) is 2.78. The molecule has 0 saturated carbocycles. The number of likely N-dealkylation sites (tertiary alicyclic amines) is 1. The van der Waals surface area contributed by atoms with Gasteiger partial charge in [-0.05, 0) is 37.5 Å². The molecule has 1 unspecified atom stereocenters. The second-order valence-electron chi connectivity index (χ2n) is 4.43. The second kappa shape index (κ2) is 5.89. The zero-order chi connectivity index (χ0) is 13.1. The van der Waals surface area contributed by atoms with Crippen LogP contribution in [-0.4, -0.2) is 29.3 Å². The van der Waals surface area contributed by atoms with Gasteiger partial charge in [0.1, 0.15) is 5.82 Å². The predicted molar refractivity (Wildman–Crippen MR) is 70.8 cm³/mol. The highest BCUT2D eigenvalue weighted by molar-refractivity contribution is 6.31. The van der Waals surface area contributed by atoms with E-state index in [1.54, 1.807) is 4.90 Å². The van der Waals surface area contributed by atoms with Crippen molar-refractivity contribution in [2.45, 2.75) is 25.3 Å². The van der Waals surface area contributed by atoms with Crippen LogP contribution in [0.1, 0.15) is 29.6 Å². The van der Waals surface area contributed by atoms with Crippen LogP contribution >= 0.6 is 23.2 Å². The van der Waals surface area contributed by atoms with E-state index in [4.69, 9.17) is 23.2 Å². The van der Waals surface area contributed by atoms with Crippen LogP contribution in [0.15, 0.2) is 18.2 Å². The molecule has 2 nitrogen and oxygen atoms in total. The largest absolute Gasteiger partial charge is 0.334 e. The van der Waals surface area contributed by atoms with Gasteiger partial charge in [-0.15, -0.1) is 11.6 Å². The molecule has 1 aliphatic rings. The zero-order valence-electron chi connectivity index (χ0n) is 9.83. The normalized spacial score (nSPS) is 19.9. The van der Waals surface area contributed by atoms with Crippen LogP contribution in [0.25, 0.3) is 0 Å².